The lowest BCUT2D eigenvalue weighted by Gasteiger charge is -2.10. The summed E-state index contributed by atoms with van der Waals surface area (Å²) in [6.45, 7) is 1.20. The van der Waals surface area contributed by atoms with Crippen LogP contribution in [-0.2, 0) is 11.4 Å². The minimum Gasteiger partial charge on any atom is -0.383 e. The van der Waals surface area contributed by atoms with Crippen LogP contribution in [0, 0.1) is 0 Å². The standard InChI is InChI=1S/C12H14N2O3S/c13-7-8-14-11-5-1-4-10-9(11)3-2-6-12(10)17-18(15)16/h1-6,14H,7-8,13H2,(H,15,16). The molecule has 1 atom stereocenters. The summed E-state index contributed by atoms with van der Waals surface area (Å²) in [5.74, 6) is 0.379. The molecule has 5 nitrogen and oxygen atoms in total. The lowest BCUT2D eigenvalue weighted by Crippen LogP contribution is -2.13. The van der Waals surface area contributed by atoms with E-state index in [0.29, 0.717) is 18.8 Å². The van der Waals surface area contributed by atoms with Crippen LogP contribution >= 0.6 is 0 Å². The van der Waals surface area contributed by atoms with Gasteiger partial charge in [-0.15, -0.1) is 0 Å². The van der Waals surface area contributed by atoms with Crippen LogP contribution in [-0.4, -0.2) is 21.9 Å². The highest BCUT2D eigenvalue weighted by Gasteiger charge is 2.07. The lowest BCUT2D eigenvalue weighted by molar-refractivity contribution is 0.460. The van der Waals surface area contributed by atoms with Gasteiger partial charge in [-0.3, -0.25) is 4.55 Å². The number of nitrogens with two attached hydrogens (primary N) is 1. The van der Waals surface area contributed by atoms with Gasteiger partial charge in [0.1, 0.15) is 0 Å². The van der Waals surface area contributed by atoms with E-state index in [1.807, 2.05) is 24.3 Å². The smallest absolute Gasteiger partial charge is 0.357 e. The molecule has 18 heavy (non-hydrogen) atoms. The summed E-state index contributed by atoms with van der Waals surface area (Å²) < 4.78 is 24.4. The minimum atomic E-state index is -2.32. The Morgan fingerprint density at radius 3 is 2.67 bits per heavy atom. The van der Waals surface area contributed by atoms with E-state index >= 15 is 0 Å². The van der Waals surface area contributed by atoms with E-state index < -0.39 is 11.4 Å². The van der Waals surface area contributed by atoms with Gasteiger partial charge in [-0.05, 0) is 12.1 Å². The largest absolute Gasteiger partial charge is 0.383 e. The first kappa shape index (κ1) is 12.8. The first-order valence-electron chi connectivity index (χ1n) is 5.47. The highest BCUT2D eigenvalue weighted by atomic mass is 32.2. The van der Waals surface area contributed by atoms with Crippen LogP contribution in [0.3, 0.4) is 0 Å². The highest BCUT2D eigenvalue weighted by Crippen LogP contribution is 2.30. The Morgan fingerprint density at radius 2 is 1.94 bits per heavy atom. The average Bonchev–Trinajstić information content (AvgIpc) is 2.36. The zero-order valence-electron chi connectivity index (χ0n) is 9.63. The SMILES string of the molecule is NCCNc1cccc2c(OS(=O)O)cccc12. The Bertz CT molecular complexity index is 574. The van der Waals surface area contributed by atoms with Gasteiger partial charge in [-0.2, -0.15) is 4.21 Å². The fraction of sp³-hybridized carbons (Fsp3) is 0.167. The quantitative estimate of drug-likeness (QED) is 0.718. The Kier molecular flexibility index (Phi) is 4.14. The summed E-state index contributed by atoms with van der Waals surface area (Å²) >= 11 is -2.32. The molecular formula is C12H14N2O3S. The van der Waals surface area contributed by atoms with Crippen LogP contribution in [0.4, 0.5) is 5.69 Å². The number of hydrogen-bond acceptors (Lipinski definition) is 4. The average molecular weight is 266 g/mol. The van der Waals surface area contributed by atoms with Crippen molar-refractivity contribution < 1.29 is 12.9 Å². The summed E-state index contributed by atoms with van der Waals surface area (Å²) in [5.41, 5.74) is 6.38. The van der Waals surface area contributed by atoms with Gasteiger partial charge >= 0.3 is 11.4 Å². The third-order valence-electron chi connectivity index (χ3n) is 2.50. The van der Waals surface area contributed by atoms with E-state index in [2.05, 4.69) is 5.32 Å². The van der Waals surface area contributed by atoms with Crippen LogP contribution < -0.4 is 15.2 Å². The van der Waals surface area contributed by atoms with E-state index in [1.165, 1.54) is 0 Å². The van der Waals surface area contributed by atoms with Crippen molar-refractivity contribution in [3.63, 3.8) is 0 Å². The second kappa shape index (κ2) is 5.81. The topological polar surface area (TPSA) is 84.6 Å². The number of fused-ring (bicyclic) bond motifs is 1. The van der Waals surface area contributed by atoms with Crippen molar-refractivity contribution >= 4 is 27.8 Å². The summed E-state index contributed by atoms with van der Waals surface area (Å²) in [6, 6.07) is 11.0. The van der Waals surface area contributed by atoms with Gasteiger partial charge in [-0.1, -0.05) is 24.3 Å². The number of anilines is 1. The van der Waals surface area contributed by atoms with E-state index in [9.17, 15) is 4.21 Å². The minimum absolute atomic E-state index is 0.379. The Morgan fingerprint density at radius 1 is 1.22 bits per heavy atom. The maximum Gasteiger partial charge on any atom is 0.357 e. The molecule has 0 spiro atoms. The summed E-state index contributed by atoms with van der Waals surface area (Å²) in [5, 5.41) is 4.90. The maximum atomic E-state index is 10.7. The molecule has 0 fully saturated rings. The first-order valence-corrected chi connectivity index (χ1v) is 6.50. The monoisotopic (exact) mass is 266 g/mol. The van der Waals surface area contributed by atoms with Crippen LogP contribution in [0.1, 0.15) is 0 Å². The van der Waals surface area contributed by atoms with Crippen molar-refractivity contribution in [2.24, 2.45) is 5.73 Å². The molecule has 96 valence electrons. The molecule has 0 heterocycles. The summed E-state index contributed by atoms with van der Waals surface area (Å²) in [4.78, 5) is 0. The van der Waals surface area contributed by atoms with E-state index in [-0.39, 0.29) is 0 Å². The van der Waals surface area contributed by atoms with Crippen molar-refractivity contribution in [1.29, 1.82) is 0 Å². The van der Waals surface area contributed by atoms with Gasteiger partial charge in [0.15, 0.2) is 5.75 Å². The third-order valence-corrected chi connectivity index (χ3v) is 2.83. The molecule has 0 amide bonds. The molecule has 2 aromatic carbocycles. The number of rotatable bonds is 5. The molecule has 0 saturated heterocycles. The fourth-order valence-electron chi connectivity index (χ4n) is 1.79. The van der Waals surface area contributed by atoms with Crippen LogP contribution in [0.2, 0.25) is 0 Å². The molecule has 2 rings (SSSR count). The highest BCUT2D eigenvalue weighted by molar-refractivity contribution is 7.74. The molecule has 0 bridgehead atoms. The van der Waals surface area contributed by atoms with Gasteiger partial charge in [-0.25, -0.2) is 0 Å². The number of benzene rings is 2. The molecule has 2 aromatic rings. The van der Waals surface area contributed by atoms with E-state index in [0.717, 1.165) is 16.5 Å². The Balaban J connectivity index is 2.47. The molecule has 6 heteroatoms. The molecule has 0 saturated carbocycles. The maximum absolute atomic E-state index is 10.7. The Hall–Kier alpha value is -1.63. The lowest BCUT2D eigenvalue weighted by atomic mass is 10.1. The molecular weight excluding hydrogens is 252 g/mol. The van der Waals surface area contributed by atoms with Crippen LogP contribution in [0.5, 0.6) is 5.75 Å². The first-order chi connectivity index (χ1) is 8.72. The molecule has 1 unspecified atom stereocenters. The third kappa shape index (κ3) is 2.79. The van der Waals surface area contributed by atoms with Gasteiger partial charge < -0.3 is 15.2 Å². The normalized spacial score (nSPS) is 12.3. The number of nitrogens with one attached hydrogen (secondary N) is 1. The Labute approximate surface area is 107 Å². The summed E-state index contributed by atoms with van der Waals surface area (Å²) in [6.07, 6.45) is 0. The molecule has 4 N–H and O–H groups in total. The van der Waals surface area contributed by atoms with Crippen molar-refractivity contribution in [1.82, 2.24) is 0 Å². The van der Waals surface area contributed by atoms with Crippen molar-refractivity contribution in [3.8, 4) is 5.75 Å². The van der Waals surface area contributed by atoms with Gasteiger partial charge in [0.05, 0.1) is 0 Å². The predicted molar refractivity (Wildman–Crippen MR) is 72.9 cm³/mol. The van der Waals surface area contributed by atoms with E-state index in [1.54, 1.807) is 12.1 Å². The van der Waals surface area contributed by atoms with Gasteiger partial charge in [0.2, 0.25) is 0 Å². The van der Waals surface area contributed by atoms with Crippen molar-refractivity contribution in [3.05, 3.63) is 36.4 Å². The summed E-state index contributed by atoms with van der Waals surface area (Å²) in [7, 11) is 0. The molecule has 0 aromatic heterocycles. The zero-order chi connectivity index (χ0) is 13.0. The van der Waals surface area contributed by atoms with Crippen molar-refractivity contribution in [2.75, 3.05) is 18.4 Å². The van der Waals surface area contributed by atoms with Crippen LogP contribution in [0.25, 0.3) is 10.8 Å². The molecule has 0 radical (unpaired) electrons. The van der Waals surface area contributed by atoms with Gasteiger partial charge in [0, 0.05) is 29.5 Å². The second-order valence-corrected chi connectivity index (χ2v) is 4.27. The zero-order valence-corrected chi connectivity index (χ0v) is 10.4. The molecule has 0 aliphatic carbocycles. The number of hydrogen-bond donors (Lipinski definition) is 3. The van der Waals surface area contributed by atoms with Gasteiger partial charge in [0.25, 0.3) is 0 Å². The predicted octanol–water partition coefficient (Wildman–Crippen LogP) is 1.73. The van der Waals surface area contributed by atoms with E-state index in [4.69, 9.17) is 14.5 Å². The fourth-order valence-corrected chi connectivity index (χ4v) is 2.09. The second-order valence-electron chi connectivity index (χ2n) is 3.67. The molecule has 0 aliphatic heterocycles. The van der Waals surface area contributed by atoms with Crippen molar-refractivity contribution in [2.45, 2.75) is 0 Å². The van der Waals surface area contributed by atoms with Crippen LogP contribution in [0.15, 0.2) is 36.4 Å². The molecule has 0 aliphatic rings.